The Bertz CT molecular complexity index is 557. The standard InChI is InChI=1S/C12H14BrN5O/c13-11-6-10(7-16-18-8-14-15-9-18)19-12(11)17-4-2-1-3-5-17/h6-9H,1-5H2. The highest BCUT2D eigenvalue weighted by atomic mass is 79.9. The molecule has 19 heavy (non-hydrogen) atoms. The second kappa shape index (κ2) is 5.56. The number of anilines is 1. The molecule has 0 unspecified atom stereocenters. The van der Waals surface area contributed by atoms with Gasteiger partial charge < -0.3 is 9.32 Å². The van der Waals surface area contributed by atoms with Crippen LogP contribution in [0.25, 0.3) is 0 Å². The summed E-state index contributed by atoms with van der Waals surface area (Å²) in [5, 5.41) is 11.5. The lowest BCUT2D eigenvalue weighted by atomic mass is 10.1. The van der Waals surface area contributed by atoms with Gasteiger partial charge in [-0.25, -0.2) is 4.68 Å². The maximum Gasteiger partial charge on any atom is 0.210 e. The molecule has 2 aromatic heterocycles. The molecule has 100 valence electrons. The van der Waals surface area contributed by atoms with Crippen LogP contribution in [0.3, 0.4) is 0 Å². The van der Waals surface area contributed by atoms with E-state index in [1.54, 1.807) is 6.21 Å². The molecule has 6 nitrogen and oxygen atoms in total. The zero-order valence-electron chi connectivity index (χ0n) is 10.4. The number of furan rings is 1. The van der Waals surface area contributed by atoms with Crippen molar-refractivity contribution >= 4 is 28.0 Å². The summed E-state index contributed by atoms with van der Waals surface area (Å²) in [4.78, 5) is 2.27. The van der Waals surface area contributed by atoms with Crippen LogP contribution in [0.2, 0.25) is 0 Å². The van der Waals surface area contributed by atoms with Crippen molar-refractivity contribution in [1.29, 1.82) is 0 Å². The van der Waals surface area contributed by atoms with Gasteiger partial charge in [-0.15, -0.1) is 10.2 Å². The lowest BCUT2D eigenvalue weighted by molar-refractivity contribution is 0.496. The number of halogens is 1. The topological polar surface area (TPSA) is 59.5 Å². The molecule has 1 fully saturated rings. The van der Waals surface area contributed by atoms with Crippen molar-refractivity contribution in [2.45, 2.75) is 19.3 Å². The maximum atomic E-state index is 5.83. The van der Waals surface area contributed by atoms with Crippen LogP contribution < -0.4 is 4.90 Å². The maximum absolute atomic E-state index is 5.83. The Morgan fingerprint density at radius 1 is 1.21 bits per heavy atom. The van der Waals surface area contributed by atoms with E-state index in [1.807, 2.05) is 6.07 Å². The number of rotatable bonds is 3. The summed E-state index contributed by atoms with van der Waals surface area (Å²) in [7, 11) is 0. The third kappa shape index (κ3) is 2.86. The third-order valence-corrected chi connectivity index (χ3v) is 3.62. The van der Waals surface area contributed by atoms with Gasteiger partial charge in [0.25, 0.3) is 0 Å². The fourth-order valence-corrected chi connectivity index (χ4v) is 2.69. The number of nitrogens with zero attached hydrogens (tertiary/aromatic N) is 5. The van der Waals surface area contributed by atoms with Crippen LogP contribution in [0.5, 0.6) is 0 Å². The van der Waals surface area contributed by atoms with Crippen LogP contribution in [0.1, 0.15) is 25.0 Å². The van der Waals surface area contributed by atoms with E-state index in [2.05, 4.69) is 36.1 Å². The summed E-state index contributed by atoms with van der Waals surface area (Å²) in [6.45, 7) is 2.10. The van der Waals surface area contributed by atoms with Gasteiger partial charge in [-0.3, -0.25) is 0 Å². The van der Waals surface area contributed by atoms with Crippen LogP contribution >= 0.6 is 15.9 Å². The molecule has 0 radical (unpaired) electrons. The Labute approximate surface area is 119 Å². The molecule has 0 amide bonds. The Hall–Kier alpha value is -1.63. The van der Waals surface area contributed by atoms with E-state index in [0.717, 1.165) is 23.4 Å². The van der Waals surface area contributed by atoms with Crippen LogP contribution in [-0.4, -0.2) is 34.2 Å². The van der Waals surface area contributed by atoms with Crippen molar-refractivity contribution < 1.29 is 4.42 Å². The predicted octanol–water partition coefficient (Wildman–Crippen LogP) is 2.51. The third-order valence-electron chi connectivity index (χ3n) is 3.06. The molecule has 0 bridgehead atoms. The first kappa shape index (κ1) is 12.4. The molecule has 3 heterocycles. The number of hydrogen-bond acceptors (Lipinski definition) is 5. The highest BCUT2D eigenvalue weighted by molar-refractivity contribution is 9.10. The first-order valence-electron chi connectivity index (χ1n) is 6.26. The molecule has 2 aromatic rings. The first-order chi connectivity index (χ1) is 9.33. The van der Waals surface area contributed by atoms with Gasteiger partial charge in [0.2, 0.25) is 5.88 Å². The van der Waals surface area contributed by atoms with Crippen LogP contribution in [0, 0.1) is 0 Å². The minimum atomic E-state index is 0.709. The highest BCUT2D eigenvalue weighted by Crippen LogP contribution is 2.31. The van der Waals surface area contributed by atoms with Crippen molar-refractivity contribution in [3.05, 3.63) is 29.0 Å². The van der Waals surface area contributed by atoms with E-state index in [0.29, 0.717) is 5.76 Å². The van der Waals surface area contributed by atoms with E-state index in [-0.39, 0.29) is 0 Å². The Morgan fingerprint density at radius 3 is 2.68 bits per heavy atom. The second-order valence-electron chi connectivity index (χ2n) is 4.44. The van der Waals surface area contributed by atoms with E-state index in [1.165, 1.54) is 36.6 Å². The second-order valence-corrected chi connectivity index (χ2v) is 5.29. The van der Waals surface area contributed by atoms with Gasteiger partial charge in [-0.05, 0) is 35.2 Å². The molecule has 3 rings (SSSR count). The first-order valence-corrected chi connectivity index (χ1v) is 7.05. The summed E-state index contributed by atoms with van der Waals surface area (Å²) in [6.07, 6.45) is 8.45. The van der Waals surface area contributed by atoms with Gasteiger partial charge in [0.1, 0.15) is 12.7 Å². The van der Waals surface area contributed by atoms with E-state index in [9.17, 15) is 0 Å². The van der Waals surface area contributed by atoms with Gasteiger partial charge in [-0.2, -0.15) is 5.10 Å². The summed E-state index contributed by atoms with van der Waals surface area (Å²) in [5.41, 5.74) is 0. The molecule has 7 heteroatoms. The van der Waals surface area contributed by atoms with Gasteiger partial charge in [0, 0.05) is 19.2 Å². The molecular weight excluding hydrogens is 310 g/mol. The minimum Gasteiger partial charge on any atom is -0.438 e. The smallest absolute Gasteiger partial charge is 0.210 e. The van der Waals surface area contributed by atoms with Crippen LogP contribution in [0.4, 0.5) is 5.88 Å². The quantitative estimate of drug-likeness (QED) is 0.814. The van der Waals surface area contributed by atoms with Gasteiger partial charge >= 0.3 is 0 Å². The molecule has 0 aliphatic carbocycles. The summed E-state index contributed by atoms with van der Waals surface area (Å²) >= 11 is 3.54. The summed E-state index contributed by atoms with van der Waals surface area (Å²) in [5.74, 6) is 1.60. The molecule has 1 aliphatic rings. The predicted molar refractivity (Wildman–Crippen MR) is 75.5 cm³/mol. The normalized spacial score (nSPS) is 16.4. The molecule has 0 atom stereocenters. The van der Waals surface area contributed by atoms with Crippen molar-refractivity contribution in [3.63, 3.8) is 0 Å². The van der Waals surface area contributed by atoms with Gasteiger partial charge in [0.05, 0.1) is 10.7 Å². The van der Waals surface area contributed by atoms with Crippen molar-refractivity contribution in [2.75, 3.05) is 18.0 Å². The monoisotopic (exact) mass is 323 g/mol. The number of aromatic nitrogens is 3. The zero-order valence-corrected chi connectivity index (χ0v) is 12.0. The van der Waals surface area contributed by atoms with E-state index < -0.39 is 0 Å². The molecule has 1 saturated heterocycles. The van der Waals surface area contributed by atoms with Crippen molar-refractivity contribution in [1.82, 2.24) is 14.9 Å². The van der Waals surface area contributed by atoms with E-state index in [4.69, 9.17) is 4.42 Å². The average Bonchev–Trinajstić information content (AvgIpc) is 3.07. The molecule has 0 spiro atoms. The van der Waals surface area contributed by atoms with E-state index >= 15 is 0 Å². The SMILES string of the molecule is Brc1cc(C=Nn2cnnc2)oc1N1CCCCC1. The lowest BCUT2D eigenvalue weighted by Crippen LogP contribution is -2.29. The Balaban J connectivity index is 1.77. The number of piperidine rings is 1. The van der Waals surface area contributed by atoms with Gasteiger partial charge in [-0.1, -0.05) is 0 Å². The lowest BCUT2D eigenvalue weighted by Gasteiger charge is -2.26. The number of hydrogen-bond donors (Lipinski definition) is 0. The van der Waals surface area contributed by atoms with Crippen molar-refractivity contribution in [3.8, 4) is 0 Å². The molecule has 0 aromatic carbocycles. The molecular formula is C12H14BrN5O. The minimum absolute atomic E-state index is 0.709. The fourth-order valence-electron chi connectivity index (χ4n) is 2.13. The van der Waals surface area contributed by atoms with Crippen LogP contribution in [-0.2, 0) is 0 Å². The molecule has 1 aliphatic heterocycles. The largest absolute Gasteiger partial charge is 0.438 e. The summed E-state index contributed by atoms with van der Waals surface area (Å²) in [6, 6.07) is 1.93. The summed E-state index contributed by atoms with van der Waals surface area (Å²) < 4.78 is 8.32. The van der Waals surface area contributed by atoms with Gasteiger partial charge in [0.15, 0.2) is 5.76 Å². The Kier molecular flexibility index (Phi) is 3.63. The zero-order chi connectivity index (χ0) is 13.1. The Morgan fingerprint density at radius 2 is 1.95 bits per heavy atom. The van der Waals surface area contributed by atoms with Crippen molar-refractivity contribution in [2.24, 2.45) is 5.10 Å². The average molecular weight is 324 g/mol. The molecule has 0 saturated carbocycles. The highest BCUT2D eigenvalue weighted by Gasteiger charge is 2.17. The van der Waals surface area contributed by atoms with Crippen LogP contribution in [0.15, 0.2) is 32.7 Å². The fraction of sp³-hybridized carbons (Fsp3) is 0.417. The molecule has 0 N–H and O–H groups in total.